The largest absolute Gasteiger partial charge is 0.396 e. The van der Waals surface area contributed by atoms with Crippen LogP contribution in [0.15, 0.2) is 30.3 Å². The van der Waals surface area contributed by atoms with Crippen molar-refractivity contribution in [2.24, 2.45) is 0 Å². The first kappa shape index (κ1) is 14.8. The number of carbonyl (C=O) groups excluding carboxylic acids is 1. The first-order valence-corrected chi connectivity index (χ1v) is 5.85. The Kier molecular flexibility index (Phi) is 4.11. The molecule has 0 aliphatic heterocycles. The topological polar surface area (TPSA) is 55.1 Å². The summed E-state index contributed by atoms with van der Waals surface area (Å²) >= 11 is 0. The van der Waals surface area contributed by atoms with Crippen molar-refractivity contribution >= 4 is 11.6 Å². The molecule has 0 radical (unpaired) electrons. The fourth-order valence-corrected chi connectivity index (χ4v) is 1.69. The molecular weight excluding hydrogens is 288 g/mol. The van der Waals surface area contributed by atoms with Gasteiger partial charge in [-0.3, -0.25) is 4.79 Å². The molecule has 3 N–H and O–H groups in total. The number of benzene rings is 2. The van der Waals surface area contributed by atoms with E-state index in [4.69, 9.17) is 5.73 Å². The van der Waals surface area contributed by atoms with Gasteiger partial charge >= 0.3 is 0 Å². The summed E-state index contributed by atoms with van der Waals surface area (Å²) in [6.07, 6.45) is 0. The van der Waals surface area contributed by atoms with E-state index in [1.807, 2.05) is 0 Å². The Bertz CT molecular complexity index is 704. The number of nitrogens with two attached hydrogens (primary N) is 1. The average Bonchev–Trinajstić information content (AvgIpc) is 2.43. The summed E-state index contributed by atoms with van der Waals surface area (Å²) in [6, 6.07) is 4.06. The Morgan fingerprint density at radius 3 is 2.43 bits per heavy atom. The molecule has 0 saturated carbocycles. The summed E-state index contributed by atoms with van der Waals surface area (Å²) in [5.74, 6) is -4.38. The molecule has 0 aliphatic rings. The lowest BCUT2D eigenvalue weighted by Gasteiger charge is -2.08. The molecule has 0 bridgehead atoms. The number of rotatable bonds is 3. The first-order valence-electron chi connectivity index (χ1n) is 5.85. The van der Waals surface area contributed by atoms with Gasteiger partial charge in [0.25, 0.3) is 5.91 Å². The molecule has 1 amide bonds. The minimum Gasteiger partial charge on any atom is -0.396 e. The van der Waals surface area contributed by atoms with Crippen molar-refractivity contribution in [2.75, 3.05) is 5.73 Å². The van der Waals surface area contributed by atoms with Gasteiger partial charge in [0.2, 0.25) is 0 Å². The lowest BCUT2D eigenvalue weighted by molar-refractivity contribution is 0.0946. The number of amides is 1. The van der Waals surface area contributed by atoms with Crippen LogP contribution < -0.4 is 11.1 Å². The second-order valence-electron chi connectivity index (χ2n) is 4.27. The summed E-state index contributed by atoms with van der Waals surface area (Å²) in [5.41, 5.74) is 4.28. The summed E-state index contributed by atoms with van der Waals surface area (Å²) in [5, 5.41) is 2.21. The fourth-order valence-electron chi connectivity index (χ4n) is 1.69. The smallest absolute Gasteiger partial charge is 0.254 e. The third-order valence-corrected chi connectivity index (χ3v) is 2.78. The Morgan fingerprint density at radius 1 is 1.00 bits per heavy atom. The van der Waals surface area contributed by atoms with E-state index in [-0.39, 0.29) is 12.1 Å². The SMILES string of the molecule is Nc1cc(C(=O)NCc2cc(F)ccc2F)c(F)cc1F. The lowest BCUT2D eigenvalue weighted by atomic mass is 10.1. The number of nitrogen functional groups attached to an aromatic ring is 1. The molecule has 0 aromatic heterocycles. The Labute approximate surface area is 117 Å². The van der Waals surface area contributed by atoms with Crippen LogP contribution >= 0.6 is 0 Å². The minimum absolute atomic E-state index is 0.0983. The molecule has 3 nitrogen and oxygen atoms in total. The van der Waals surface area contributed by atoms with Gasteiger partial charge in [0.05, 0.1) is 11.3 Å². The molecule has 2 rings (SSSR count). The number of hydrogen-bond acceptors (Lipinski definition) is 2. The van der Waals surface area contributed by atoms with Crippen LogP contribution in [0.3, 0.4) is 0 Å². The highest BCUT2D eigenvalue weighted by molar-refractivity contribution is 5.95. The van der Waals surface area contributed by atoms with Crippen LogP contribution in [0.5, 0.6) is 0 Å². The molecule has 0 heterocycles. The van der Waals surface area contributed by atoms with E-state index in [2.05, 4.69) is 5.32 Å². The predicted molar refractivity (Wildman–Crippen MR) is 68.3 cm³/mol. The zero-order chi connectivity index (χ0) is 15.6. The molecule has 21 heavy (non-hydrogen) atoms. The van der Waals surface area contributed by atoms with E-state index in [1.165, 1.54) is 0 Å². The second kappa shape index (κ2) is 5.82. The van der Waals surface area contributed by atoms with E-state index in [0.717, 1.165) is 24.3 Å². The van der Waals surface area contributed by atoms with Gasteiger partial charge in [0, 0.05) is 18.2 Å². The molecule has 2 aromatic rings. The molecule has 0 fully saturated rings. The Hall–Kier alpha value is -2.57. The molecule has 110 valence electrons. The molecule has 0 aliphatic carbocycles. The Balaban J connectivity index is 2.15. The highest BCUT2D eigenvalue weighted by Crippen LogP contribution is 2.17. The van der Waals surface area contributed by atoms with Crippen molar-refractivity contribution in [3.63, 3.8) is 0 Å². The van der Waals surface area contributed by atoms with E-state index >= 15 is 0 Å². The van der Waals surface area contributed by atoms with Crippen LogP contribution in [-0.2, 0) is 6.54 Å². The lowest BCUT2D eigenvalue weighted by Crippen LogP contribution is -2.24. The van der Waals surface area contributed by atoms with Crippen LogP contribution in [0, 0.1) is 23.3 Å². The van der Waals surface area contributed by atoms with E-state index in [9.17, 15) is 22.4 Å². The molecule has 0 saturated heterocycles. The summed E-state index contributed by atoms with van der Waals surface area (Å²) in [6.45, 7) is -0.348. The van der Waals surface area contributed by atoms with Gasteiger partial charge in [0.15, 0.2) is 0 Å². The van der Waals surface area contributed by atoms with Crippen molar-refractivity contribution in [3.05, 3.63) is 64.7 Å². The maximum Gasteiger partial charge on any atom is 0.254 e. The van der Waals surface area contributed by atoms with E-state index in [1.54, 1.807) is 0 Å². The number of anilines is 1. The van der Waals surface area contributed by atoms with Gasteiger partial charge in [-0.15, -0.1) is 0 Å². The van der Waals surface area contributed by atoms with Crippen LogP contribution in [0.25, 0.3) is 0 Å². The second-order valence-corrected chi connectivity index (χ2v) is 4.27. The van der Waals surface area contributed by atoms with Gasteiger partial charge in [-0.1, -0.05) is 0 Å². The van der Waals surface area contributed by atoms with Crippen molar-refractivity contribution in [1.29, 1.82) is 0 Å². The van der Waals surface area contributed by atoms with Crippen LogP contribution in [0.2, 0.25) is 0 Å². The molecule has 0 atom stereocenters. The van der Waals surface area contributed by atoms with Crippen molar-refractivity contribution in [2.45, 2.75) is 6.54 Å². The van der Waals surface area contributed by atoms with Crippen molar-refractivity contribution < 1.29 is 22.4 Å². The van der Waals surface area contributed by atoms with Gasteiger partial charge < -0.3 is 11.1 Å². The molecule has 0 spiro atoms. The first-order chi connectivity index (χ1) is 9.88. The number of hydrogen-bond donors (Lipinski definition) is 2. The maximum atomic E-state index is 13.5. The number of carbonyl (C=O) groups is 1. The van der Waals surface area contributed by atoms with Gasteiger partial charge in [-0.05, 0) is 24.3 Å². The molecular formula is C14H10F4N2O. The van der Waals surface area contributed by atoms with Crippen LogP contribution in [0.1, 0.15) is 15.9 Å². The van der Waals surface area contributed by atoms with E-state index in [0.29, 0.717) is 6.07 Å². The van der Waals surface area contributed by atoms with Crippen molar-refractivity contribution in [1.82, 2.24) is 5.32 Å². The van der Waals surface area contributed by atoms with Gasteiger partial charge in [0.1, 0.15) is 23.3 Å². The molecule has 7 heteroatoms. The Morgan fingerprint density at radius 2 is 1.71 bits per heavy atom. The highest BCUT2D eigenvalue weighted by Gasteiger charge is 2.15. The fraction of sp³-hybridized carbons (Fsp3) is 0.0714. The maximum absolute atomic E-state index is 13.5. The zero-order valence-corrected chi connectivity index (χ0v) is 10.6. The minimum atomic E-state index is -1.10. The third-order valence-electron chi connectivity index (χ3n) is 2.78. The molecule has 2 aromatic carbocycles. The summed E-state index contributed by atoms with van der Waals surface area (Å²) in [7, 11) is 0. The van der Waals surface area contributed by atoms with Crippen LogP contribution in [0.4, 0.5) is 23.2 Å². The van der Waals surface area contributed by atoms with Crippen LogP contribution in [-0.4, -0.2) is 5.91 Å². The normalized spacial score (nSPS) is 10.5. The van der Waals surface area contributed by atoms with Crippen molar-refractivity contribution in [3.8, 4) is 0 Å². The average molecular weight is 298 g/mol. The number of nitrogens with one attached hydrogen (secondary N) is 1. The van der Waals surface area contributed by atoms with Gasteiger partial charge in [-0.2, -0.15) is 0 Å². The van der Waals surface area contributed by atoms with Gasteiger partial charge in [-0.25, -0.2) is 17.6 Å². The standard InChI is InChI=1S/C14H10F4N2O/c15-8-1-2-10(16)7(3-8)6-20-14(21)9-4-13(19)12(18)5-11(9)17/h1-5H,6,19H2,(H,20,21). The third kappa shape index (κ3) is 3.31. The quantitative estimate of drug-likeness (QED) is 0.676. The highest BCUT2D eigenvalue weighted by atomic mass is 19.1. The zero-order valence-electron chi connectivity index (χ0n) is 10.6. The number of halogens is 4. The summed E-state index contributed by atoms with van der Waals surface area (Å²) in [4.78, 5) is 11.8. The monoisotopic (exact) mass is 298 g/mol. The summed E-state index contributed by atoms with van der Waals surface area (Å²) < 4.78 is 52.8. The van der Waals surface area contributed by atoms with E-state index < -0.39 is 40.4 Å². The predicted octanol–water partition coefficient (Wildman–Crippen LogP) is 2.76. The molecule has 0 unspecified atom stereocenters.